The fourth-order valence-corrected chi connectivity index (χ4v) is 6.80. The predicted octanol–water partition coefficient (Wildman–Crippen LogP) is 4.29. The Morgan fingerprint density at radius 1 is 1.12 bits per heavy atom. The Labute approximate surface area is 248 Å². The Hall–Kier alpha value is -4.03. The molecule has 43 heavy (non-hydrogen) atoms. The summed E-state index contributed by atoms with van der Waals surface area (Å²) in [7, 11) is 0. The van der Waals surface area contributed by atoms with E-state index in [1.807, 2.05) is 13.0 Å². The number of halogens is 1. The Morgan fingerprint density at radius 2 is 1.91 bits per heavy atom. The Morgan fingerprint density at radius 3 is 2.67 bits per heavy atom. The minimum Gasteiger partial charge on any atom is -0.490 e. The van der Waals surface area contributed by atoms with Crippen LogP contribution >= 0.6 is 0 Å². The standard InChI is InChI=1S/C31H35FN6O5/c1-17-20-4-3-11-42-28(20)24(32)14-21(17)27-22(16-26(39)40)18(2)33-29-23(27)15-25(34-29)30-35-31(36-43-30)38-9-7-37(8-10-38)19-5-12-41-13-6-19/h14-15,19H,3-13,16H2,1-2H3,(H,33,34)(H,39,40). The number of benzene rings is 1. The van der Waals surface area contributed by atoms with Crippen molar-refractivity contribution in [3.05, 3.63) is 40.3 Å². The maximum Gasteiger partial charge on any atom is 0.307 e. The molecule has 2 N–H and O–H groups in total. The van der Waals surface area contributed by atoms with Crippen LogP contribution in [-0.4, -0.2) is 88.1 Å². The molecule has 0 saturated carbocycles. The molecule has 3 aliphatic rings. The summed E-state index contributed by atoms with van der Waals surface area (Å²) in [5, 5.41) is 14.7. The predicted molar refractivity (Wildman–Crippen MR) is 157 cm³/mol. The number of rotatable bonds is 6. The minimum absolute atomic E-state index is 0.246. The molecule has 0 unspecified atom stereocenters. The van der Waals surface area contributed by atoms with Crippen molar-refractivity contribution in [2.45, 2.75) is 52.0 Å². The number of nitrogens with one attached hydrogen (secondary N) is 1. The van der Waals surface area contributed by atoms with Gasteiger partial charge in [0.2, 0.25) is 0 Å². The number of carboxylic acid groups (broad SMARTS) is 1. The highest BCUT2D eigenvalue weighted by Gasteiger charge is 2.29. The third-order valence-corrected chi connectivity index (χ3v) is 9.07. The zero-order valence-corrected chi connectivity index (χ0v) is 24.4. The molecule has 0 atom stereocenters. The number of pyridine rings is 1. The second kappa shape index (κ2) is 11.2. The zero-order chi connectivity index (χ0) is 29.7. The lowest BCUT2D eigenvalue weighted by Crippen LogP contribution is -2.51. The highest BCUT2D eigenvalue weighted by atomic mass is 19.1. The van der Waals surface area contributed by atoms with Crippen LogP contribution in [0.1, 0.15) is 41.6 Å². The number of aryl methyl sites for hydroxylation is 1. The van der Waals surface area contributed by atoms with Crippen LogP contribution in [0.25, 0.3) is 33.7 Å². The van der Waals surface area contributed by atoms with E-state index in [1.54, 1.807) is 6.92 Å². The molecular formula is C31H35FN6O5. The SMILES string of the molecule is Cc1nc2[nH]c(-c3nc(N4CCN(C5CCOCC5)CC4)no3)cc2c(-c2cc(F)c3c(c2C)CCCO3)c1CC(=O)O. The van der Waals surface area contributed by atoms with Crippen LogP contribution in [0.5, 0.6) is 5.75 Å². The van der Waals surface area contributed by atoms with Crippen molar-refractivity contribution in [3.8, 4) is 28.5 Å². The molecular weight excluding hydrogens is 555 g/mol. The lowest BCUT2D eigenvalue weighted by Gasteiger charge is -2.40. The van der Waals surface area contributed by atoms with Gasteiger partial charge in [-0.05, 0) is 79.1 Å². The number of ether oxygens (including phenoxy) is 2. The van der Waals surface area contributed by atoms with E-state index in [0.717, 1.165) is 69.8 Å². The van der Waals surface area contributed by atoms with Gasteiger partial charge in [-0.3, -0.25) is 9.69 Å². The van der Waals surface area contributed by atoms with Crippen LogP contribution in [-0.2, 0) is 22.4 Å². The second-order valence-corrected chi connectivity index (χ2v) is 11.6. The number of aromatic nitrogens is 4. The number of hydrogen-bond donors (Lipinski definition) is 2. The minimum atomic E-state index is -0.987. The van der Waals surface area contributed by atoms with Gasteiger partial charge in [-0.25, -0.2) is 9.37 Å². The van der Waals surface area contributed by atoms with Gasteiger partial charge in [0.15, 0.2) is 11.6 Å². The third-order valence-electron chi connectivity index (χ3n) is 9.07. The number of carbonyl (C=O) groups is 1. The van der Waals surface area contributed by atoms with Crippen molar-refractivity contribution in [1.82, 2.24) is 25.0 Å². The number of H-pyrrole nitrogens is 1. The van der Waals surface area contributed by atoms with Gasteiger partial charge in [-0.15, -0.1) is 0 Å². The molecule has 7 rings (SSSR count). The Bertz CT molecular complexity index is 1690. The molecule has 226 valence electrons. The summed E-state index contributed by atoms with van der Waals surface area (Å²) >= 11 is 0. The lowest BCUT2D eigenvalue weighted by molar-refractivity contribution is -0.136. The van der Waals surface area contributed by atoms with Crippen molar-refractivity contribution < 1.29 is 28.3 Å². The number of nitrogens with zero attached hydrogens (tertiary/aromatic N) is 5. The molecule has 0 bridgehead atoms. The van der Waals surface area contributed by atoms with E-state index in [-0.39, 0.29) is 12.2 Å². The average molecular weight is 591 g/mol. The van der Waals surface area contributed by atoms with Crippen LogP contribution < -0.4 is 9.64 Å². The summed E-state index contributed by atoms with van der Waals surface area (Å²) in [4.78, 5) is 29.3. The fraction of sp³-hybridized carbons (Fsp3) is 0.484. The van der Waals surface area contributed by atoms with E-state index in [4.69, 9.17) is 24.0 Å². The number of aliphatic carboxylic acids is 1. The molecule has 4 aromatic rings. The smallest absolute Gasteiger partial charge is 0.307 e. The molecule has 11 nitrogen and oxygen atoms in total. The maximum atomic E-state index is 15.4. The van der Waals surface area contributed by atoms with Crippen LogP contribution in [0.2, 0.25) is 0 Å². The van der Waals surface area contributed by atoms with Crippen LogP contribution in [0.3, 0.4) is 0 Å². The average Bonchev–Trinajstić information content (AvgIpc) is 3.68. The first kappa shape index (κ1) is 27.8. The van der Waals surface area contributed by atoms with E-state index in [9.17, 15) is 9.90 Å². The van der Waals surface area contributed by atoms with Crippen molar-refractivity contribution in [2.75, 3.05) is 50.9 Å². The summed E-state index contributed by atoms with van der Waals surface area (Å²) in [6.45, 7) is 9.32. The quantitative estimate of drug-likeness (QED) is 0.335. The van der Waals surface area contributed by atoms with Crippen molar-refractivity contribution in [2.24, 2.45) is 0 Å². The van der Waals surface area contributed by atoms with E-state index in [0.29, 0.717) is 70.0 Å². The molecule has 3 aliphatic heterocycles. The van der Waals surface area contributed by atoms with E-state index in [2.05, 4.69) is 19.9 Å². The number of anilines is 1. The molecule has 12 heteroatoms. The molecule has 2 saturated heterocycles. The van der Waals surface area contributed by atoms with Crippen molar-refractivity contribution in [1.29, 1.82) is 0 Å². The summed E-state index contributed by atoms with van der Waals surface area (Å²) in [6.07, 6.45) is 3.38. The van der Waals surface area contributed by atoms with E-state index < -0.39 is 11.8 Å². The highest BCUT2D eigenvalue weighted by molar-refractivity contribution is 6.00. The van der Waals surface area contributed by atoms with Gasteiger partial charge in [0.1, 0.15) is 11.3 Å². The van der Waals surface area contributed by atoms with Gasteiger partial charge < -0.3 is 29.0 Å². The number of aromatic amines is 1. The molecule has 0 amide bonds. The second-order valence-electron chi connectivity index (χ2n) is 11.6. The third kappa shape index (κ3) is 5.12. The highest BCUT2D eigenvalue weighted by Crippen LogP contribution is 2.42. The summed E-state index contributed by atoms with van der Waals surface area (Å²) in [5.41, 5.74) is 5.16. The van der Waals surface area contributed by atoms with Gasteiger partial charge in [0, 0.05) is 62.1 Å². The number of fused-ring (bicyclic) bond motifs is 2. The van der Waals surface area contributed by atoms with Gasteiger partial charge in [0.05, 0.1) is 13.0 Å². The van der Waals surface area contributed by atoms with Crippen LogP contribution in [0.4, 0.5) is 10.3 Å². The largest absolute Gasteiger partial charge is 0.490 e. The first-order valence-electron chi connectivity index (χ1n) is 15.0. The zero-order valence-electron chi connectivity index (χ0n) is 24.4. The molecule has 0 aliphatic carbocycles. The number of carboxylic acids is 1. The summed E-state index contributed by atoms with van der Waals surface area (Å²) in [6, 6.07) is 3.87. The number of hydrogen-bond acceptors (Lipinski definition) is 9. The maximum absolute atomic E-state index is 15.4. The molecule has 1 aromatic carbocycles. The van der Waals surface area contributed by atoms with Crippen molar-refractivity contribution >= 4 is 23.0 Å². The summed E-state index contributed by atoms with van der Waals surface area (Å²) in [5.74, 6) is -0.308. The first-order valence-corrected chi connectivity index (χ1v) is 15.0. The van der Waals surface area contributed by atoms with E-state index in [1.165, 1.54) is 6.07 Å². The molecule has 2 fully saturated rings. The topological polar surface area (TPSA) is 130 Å². The van der Waals surface area contributed by atoms with E-state index >= 15 is 4.39 Å². The number of piperazine rings is 1. The Kier molecular flexibility index (Phi) is 7.26. The van der Waals surface area contributed by atoms with Gasteiger partial charge in [-0.1, -0.05) is 0 Å². The lowest BCUT2D eigenvalue weighted by atomic mass is 9.87. The first-order chi connectivity index (χ1) is 20.9. The van der Waals surface area contributed by atoms with Gasteiger partial charge >= 0.3 is 5.97 Å². The molecule has 0 radical (unpaired) electrons. The fourth-order valence-electron chi connectivity index (χ4n) is 6.80. The monoisotopic (exact) mass is 590 g/mol. The molecule has 3 aromatic heterocycles. The van der Waals surface area contributed by atoms with Gasteiger partial charge in [-0.2, -0.15) is 4.98 Å². The van der Waals surface area contributed by atoms with Crippen LogP contribution in [0, 0.1) is 19.7 Å². The summed E-state index contributed by atoms with van der Waals surface area (Å²) < 4.78 is 32.2. The van der Waals surface area contributed by atoms with Crippen LogP contribution in [0.15, 0.2) is 16.7 Å². The molecule has 6 heterocycles. The Balaban J connectivity index is 1.24. The molecule has 0 spiro atoms. The normalized spacial score (nSPS) is 18.2. The van der Waals surface area contributed by atoms with Crippen molar-refractivity contribution in [3.63, 3.8) is 0 Å². The van der Waals surface area contributed by atoms with Gasteiger partial charge in [0.25, 0.3) is 11.8 Å².